The van der Waals surface area contributed by atoms with Crippen molar-refractivity contribution in [3.05, 3.63) is 69.8 Å². The molecule has 1 heterocycles. The summed E-state index contributed by atoms with van der Waals surface area (Å²) in [5.41, 5.74) is 5.10. The van der Waals surface area contributed by atoms with Crippen LogP contribution in [0.25, 0.3) is 0 Å². The quantitative estimate of drug-likeness (QED) is 0.293. The van der Waals surface area contributed by atoms with Crippen LogP contribution in [-0.4, -0.2) is 60.2 Å². The number of benzene rings is 2. The van der Waals surface area contributed by atoms with Crippen molar-refractivity contribution >= 4 is 33.3 Å². The van der Waals surface area contributed by atoms with Crippen LogP contribution in [0.4, 0.5) is 5.69 Å². The second-order valence-corrected chi connectivity index (χ2v) is 15.3. The zero-order valence-electron chi connectivity index (χ0n) is 25.6. The van der Waals surface area contributed by atoms with Gasteiger partial charge in [-0.05, 0) is 116 Å². The van der Waals surface area contributed by atoms with E-state index in [0.717, 1.165) is 74.5 Å². The SMILES string of the molecule is COC(=O)c1ccc2c(c1)N(C[C@@H]1CC[C@H]1[C@H](OC)C1=CC[C@H](CS(N)(=O)=O)CC1)C[C@@]1(CCCc3cc(Cl)ccc31)CO2. The average molecular weight is 643 g/mol. The number of aryl methyl sites for hydroxylation is 1. The van der Waals surface area contributed by atoms with E-state index in [2.05, 4.69) is 23.1 Å². The highest BCUT2D eigenvalue weighted by Crippen LogP contribution is 2.48. The van der Waals surface area contributed by atoms with E-state index in [1.165, 1.54) is 23.8 Å². The number of hydrogen-bond acceptors (Lipinski definition) is 7. The second kappa shape index (κ2) is 12.7. The predicted octanol–water partition coefficient (Wildman–Crippen LogP) is 5.66. The van der Waals surface area contributed by atoms with Crippen molar-refractivity contribution in [3.8, 4) is 5.75 Å². The van der Waals surface area contributed by atoms with E-state index in [1.54, 1.807) is 13.2 Å². The summed E-state index contributed by atoms with van der Waals surface area (Å²) in [5.74, 6) is 1.25. The van der Waals surface area contributed by atoms with E-state index in [-0.39, 0.29) is 29.2 Å². The fourth-order valence-electron chi connectivity index (χ4n) is 8.11. The van der Waals surface area contributed by atoms with Crippen LogP contribution in [0.1, 0.15) is 66.4 Å². The van der Waals surface area contributed by atoms with Gasteiger partial charge in [0.05, 0.1) is 36.8 Å². The number of sulfonamides is 1. The van der Waals surface area contributed by atoms with Gasteiger partial charge in [0.1, 0.15) is 5.75 Å². The lowest BCUT2D eigenvalue weighted by molar-refractivity contribution is 0.00323. The van der Waals surface area contributed by atoms with Crippen molar-refractivity contribution in [2.75, 3.05) is 44.6 Å². The van der Waals surface area contributed by atoms with Crippen LogP contribution >= 0.6 is 11.6 Å². The number of anilines is 1. The Morgan fingerprint density at radius 3 is 2.68 bits per heavy atom. The number of fused-ring (bicyclic) bond motifs is 3. The summed E-state index contributed by atoms with van der Waals surface area (Å²) in [5, 5.41) is 6.08. The van der Waals surface area contributed by atoms with E-state index in [9.17, 15) is 13.2 Å². The van der Waals surface area contributed by atoms with Gasteiger partial charge in [0.15, 0.2) is 0 Å². The topological polar surface area (TPSA) is 108 Å². The molecule has 0 radical (unpaired) electrons. The van der Waals surface area contributed by atoms with Gasteiger partial charge in [-0.3, -0.25) is 0 Å². The Bertz CT molecular complexity index is 1540. The molecule has 6 rings (SSSR count). The van der Waals surface area contributed by atoms with Crippen molar-refractivity contribution in [3.63, 3.8) is 0 Å². The van der Waals surface area contributed by atoms with Crippen molar-refractivity contribution in [2.24, 2.45) is 22.9 Å². The third kappa shape index (κ3) is 6.39. The molecule has 2 aromatic rings. The largest absolute Gasteiger partial charge is 0.490 e. The Labute approximate surface area is 265 Å². The molecule has 10 heteroatoms. The first-order chi connectivity index (χ1) is 21.1. The monoisotopic (exact) mass is 642 g/mol. The molecule has 1 saturated carbocycles. The molecule has 2 aromatic carbocycles. The van der Waals surface area contributed by atoms with Gasteiger partial charge in [-0.25, -0.2) is 18.4 Å². The number of nitrogens with zero attached hydrogens (tertiary/aromatic N) is 1. The highest BCUT2D eigenvalue weighted by molar-refractivity contribution is 7.89. The van der Waals surface area contributed by atoms with Crippen molar-refractivity contribution in [1.82, 2.24) is 0 Å². The number of halogens is 1. The number of nitrogens with two attached hydrogens (primary N) is 1. The van der Waals surface area contributed by atoms with Crippen molar-refractivity contribution < 1.29 is 27.4 Å². The molecule has 238 valence electrons. The first kappa shape index (κ1) is 31.4. The maximum Gasteiger partial charge on any atom is 0.337 e. The van der Waals surface area contributed by atoms with Crippen molar-refractivity contribution in [2.45, 2.75) is 62.9 Å². The van der Waals surface area contributed by atoms with Gasteiger partial charge in [0, 0.05) is 30.6 Å². The summed E-state index contributed by atoms with van der Waals surface area (Å²) in [6.07, 6.45) is 9.78. The van der Waals surface area contributed by atoms with Gasteiger partial charge in [0.2, 0.25) is 10.0 Å². The fraction of sp³-hybridized carbons (Fsp3) is 0.559. The number of ether oxygens (including phenoxy) is 3. The zero-order valence-corrected chi connectivity index (χ0v) is 27.2. The standard InChI is InChI=1S/C34H43ClN2O6S/c1-41-32(23-7-5-22(6-8-23)19-44(36,39)40)28-12-9-26(28)18-37-20-34(15-3-4-24-16-27(35)11-13-29(24)34)21-43-31-14-10-25(17-30(31)37)33(38)42-2/h7,10-11,13-14,16-17,22,26,28,32H,3-6,8-9,12,15,18-21H2,1-2H3,(H2,36,39,40)/t22-,26-,28+,32+,34-/m0/s1. The average Bonchev–Trinajstić information content (AvgIpc) is 3.14. The summed E-state index contributed by atoms with van der Waals surface area (Å²) in [6, 6.07) is 11.9. The third-order valence-corrected chi connectivity index (χ3v) is 11.6. The van der Waals surface area contributed by atoms with E-state index in [4.69, 9.17) is 31.0 Å². The minimum Gasteiger partial charge on any atom is -0.490 e. The molecule has 8 nitrogen and oxygen atoms in total. The van der Waals surface area contributed by atoms with Gasteiger partial charge >= 0.3 is 5.97 Å². The highest BCUT2D eigenvalue weighted by Gasteiger charge is 2.45. The number of primary sulfonamides is 1. The van der Waals surface area contributed by atoms with Crippen LogP contribution in [0, 0.1) is 17.8 Å². The van der Waals surface area contributed by atoms with E-state index in [0.29, 0.717) is 30.4 Å². The van der Waals surface area contributed by atoms with E-state index in [1.807, 2.05) is 18.2 Å². The molecule has 5 atom stereocenters. The molecule has 2 N–H and O–H groups in total. The van der Waals surface area contributed by atoms with Gasteiger partial charge in [0.25, 0.3) is 0 Å². The highest BCUT2D eigenvalue weighted by atomic mass is 35.5. The first-order valence-corrected chi connectivity index (χ1v) is 17.8. The molecular weight excluding hydrogens is 600 g/mol. The van der Waals surface area contributed by atoms with Crippen LogP contribution in [0.3, 0.4) is 0 Å². The molecule has 0 unspecified atom stereocenters. The lowest BCUT2D eigenvalue weighted by atomic mass is 9.66. The molecule has 3 aliphatic carbocycles. The summed E-state index contributed by atoms with van der Waals surface area (Å²) in [6.45, 7) is 2.15. The van der Waals surface area contributed by atoms with Gasteiger partial charge in [-0.2, -0.15) is 0 Å². The van der Waals surface area contributed by atoms with Crippen LogP contribution in [0.15, 0.2) is 48.0 Å². The molecule has 4 aliphatic rings. The van der Waals surface area contributed by atoms with Gasteiger partial charge in [-0.1, -0.05) is 23.7 Å². The Morgan fingerprint density at radius 1 is 1.16 bits per heavy atom. The number of carbonyl (C=O) groups excluding carboxylic acids is 1. The molecular formula is C34H43ClN2O6S. The Morgan fingerprint density at radius 2 is 2.00 bits per heavy atom. The fourth-order valence-corrected chi connectivity index (χ4v) is 9.26. The molecule has 44 heavy (non-hydrogen) atoms. The smallest absolute Gasteiger partial charge is 0.337 e. The van der Waals surface area contributed by atoms with Crippen LogP contribution in [0.2, 0.25) is 5.02 Å². The summed E-state index contributed by atoms with van der Waals surface area (Å²) >= 11 is 6.42. The number of carbonyl (C=O) groups is 1. The Balaban J connectivity index is 1.29. The Hall–Kier alpha value is -2.59. The molecule has 0 saturated heterocycles. The minimum absolute atomic E-state index is 0.000191. The second-order valence-electron chi connectivity index (χ2n) is 13.2. The lowest BCUT2D eigenvalue weighted by Gasteiger charge is -2.47. The number of rotatable bonds is 8. The van der Waals surface area contributed by atoms with E-state index < -0.39 is 10.0 Å². The van der Waals surface area contributed by atoms with E-state index >= 15 is 0 Å². The summed E-state index contributed by atoms with van der Waals surface area (Å²) < 4.78 is 41.1. The van der Waals surface area contributed by atoms with Crippen molar-refractivity contribution in [1.29, 1.82) is 0 Å². The maximum absolute atomic E-state index is 12.6. The zero-order chi connectivity index (χ0) is 31.1. The number of hydrogen-bond donors (Lipinski definition) is 1. The molecule has 0 amide bonds. The number of allylic oxidation sites excluding steroid dienone is 1. The number of esters is 1. The van der Waals surface area contributed by atoms with Crippen LogP contribution in [0.5, 0.6) is 5.75 Å². The molecule has 0 bridgehead atoms. The third-order valence-electron chi connectivity index (χ3n) is 10.4. The Kier molecular flexibility index (Phi) is 9.03. The predicted molar refractivity (Wildman–Crippen MR) is 172 cm³/mol. The molecule has 1 aliphatic heterocycles. The summed E-state index contributed by atoms with van der Waals surface area (Å²) in [7, 11) is -0.293. The first-order valence-electron chi connectivity index (χ1n) is 15.7. The summed E-state index contributed by atoms with van der Waals surface area (Å²) in [4.78, 5) is 15.0. The maximum atomic E-state index is 12.6. The van der Waals surface area contributed by atoms with Gasteiger partial charge < -0.3 is 19.1 Å². The van der Waals surface area contributed by atoms with Crippen LogP contribution in [-0.2, 0) is 31.3 Å². The van der Waals surface area contributed by atoms with Gasteiger partial charge in [-0.15, -0.1) is 0 Å². The minimum atomic E-state index is -3.48. The lowest BCUT2D eigenvalue weighted by Crippen LogP contribution is -2.50. The number of methoxy groups -OCH3 is 2. The molecule has 0 aromatic heterocycles. The molecule has 1 fully saturated rings. The van der Waals surface area contributed by atoms with Crippen LogP contribution < -0.4 is 14.8 Å². The normalized spacial score (nSPS) is 27.2. The molecule has 1 spiro atoms.